The zero-order valence-corrected chi connectivity index (χ0v) is 15.0. The zero-order chi connectivity index (χ0) is 16.8. The summed E-state index contributed by atoms with van der Waals surface area (Å²) in [6.45, 7) is 9.02. The summed E-state index contributed by atoms with van der Waals surface area (Å²) in [5.41, 5.74) is 2.66. The first-order chi connectivity index (χ1) is 11.7. The van der Waals surface area contributed by atoms with Crippen LogP contribution in [0.25, 0.3) is 0 Å². The molecule has 3 rings (SSSR count). The lowest BCUT2D eigenvalue weighted by Crippen LogP contribution is -2.42. The third kappa shape index (κ3) is 4.84. The van der Waals surface area contributed by atoms with Crippen molar-refractivity contribution in [2.45, 2.75) is 51.6 Å². The zero-order valence-electron chi connectivity index (χ0n) is 15.0. The average Bonchev–Trinajstić information content (AvgIpc) is 3.09. The van der Waals surface area contributed by atoms with Crippen LogP contribution in [0, 0.1) is 0 Å². The van der Waals surface area contributed by atoms with Crippen LogP contribution in [0.4, 0.5) is 5.69 Å². The smallest absolute Gasteiger partial charge is 0.0489 e. The van der Waals surface area contributed by atoms with Crippen LogP contribution in [0.2, 0.25) is 0 Å². The third-order valence-corrected chi connectivity index (χ3v) is 4.87. The van der Waals surface area contributed by atoms with E-state index in [0.717, 1.165) is 26.1 Å². The number of nitrogens with one attached hydrogen (secondary N) is 1. The van der Waals surface area contributed by atoms with Gasteiger partial charge in [-0.15, -0.1) is 0 Å². The molecule has 24 heavy (non-hydrogen) atoms. The molecule has 4 heteroatoms. The Balaban J connectivity index is 1.44. The van der Waals surface area contributed by atoms with Gasteiger partial charge in [0, 0.05) is 37.2 Å². The molecule has 4 nitrogen and oxygen atoms in total. The van der Waals surface area contributed by atoms with Crippen molar-refractivity contribution in [1.29, 1.82) is 0 Å². The number of likely N-dealkylation sites (tertiary alicyclic amines) is 1. The van der Waals surface area contributed by atoms with Crippen LogP contribution in [0.15, 0.2) is 42.7 Å². The molecule has 0 bridgehead atoms. The molecule has 2 heterocycles. The van der Waals surface area contributed by atoms with E-state index in [1.807, 2.05) is 23.1 Å². The first-order valence-corrected chi connectivity index (χ1v) is 9.27. The van der Waals surface area contributed by atoms with E-state index in [-0.39, 0.29) is 0 Å². The molecule has 0 saturated carbocycles. The number of piperidine rings is 1. The topological polar surface area (TPSA) is 33.1 Å². The highest BCUT2D eigenvalue weighted by molar-refractivity contribution is 5.46. The van der Waals surface area contributed by atoms with Crippen molar-refractivity contribution < 1.29 is 0 Å². The van der Waals surface area contributed by atoms with Gasteiger partial charge in [0.25, 0.3) is 0 Å². The second-order valence-corrected chi connectivity index (χ2v) is 7.18. The lowest BCUT2D eigenvalue weighted by molar-refractivity contribution is 0.210. The van der Waals surface area contributed by atoms with Gasteiger partial charge in [-0.05, 0) is 62.0 Å². The molecule has 0 amide bonds. The Morgan fingerprint density at radius 2 is 2.04 bits per heavy atom. The van der Waals surface area contributed by atoms with E-state index in [1.54, 1.807) is 0 Å². The van der Waals surface area contributed by atoms with Gasteiger partial charge in [-0.3, -0.25) is 4.68 Å². The normalized spacial score (nSPS) is 18.9. The second kappa shape index (κ2) is 8.34. The van der Waals surface area contributed by atoms with Gasteiger partial charge in [0.2, 0.25) is 0 Å². The number of aryl methyl sites for hydroxylation is 1. The number of hydrogen-bond acceptors (Lipinski definition) is 3. The summed E-state index contributed by atoms with van der Waals surface area (Å²) >= 11 is 0. The molecular weight excluding hydrogens is 296 g/mol. The fraction of sp³-hybridized carbons (Fsp3) is 0.550. The molecular formula is C20H30N4. The minimum atomic E-state index is 0.563. The summed E-state index contributed by atoms with van der Waals surface area (Å²) in [5, 5.41) is 8.00. The summed E-state index contributed by atoms with van der Waals surface area (Å²) in [6.07, 6.45) is 7.61. The summed E-state index contributed by atoms with van der Waals surface area (Å²) in [6, 6.07) is 11.5. The molecule has 1 atom stereocenters. The number of anilines is 1. The summed E-state index contributed by atoms with van der Waals surface area (Å²) in [7, 11) is 0. The monoisotopic (exact) mass is 326 g/mol. The van der Waals surface area contributed by atoms with Crippen molar-refractivity contribution in [2.24, 2.45) is 0 Å². The number of hydrogen-bond donors (Lipinski definition) is 1. The highest BCUT2D eigenvalue weighted by Gasteiger charge is 2.19. The van der Waals surface area contributed by atoms with Crippen LogP contribution in [0.3, 0.4) is 0 Å². The summed E-state index contributed by atoms with van der Waals surface area (Å²) in [4.78, 5) is 2.59. The van der Waals surface area contributed by atoms with E-state index in [1.165, 1.54) is 30.6 Å². The Bertz CT molecular complexity index is 589. The van der Waals surface area contributed by atoms with Gasteiger partial charge in [-0.25, -0.2) is 0 Å². The summed E-state index contributed by atoms with van der Waals surface area (Å²) < 4.78 is 2.02. The van der Waals surface area contributed by atoms with Crippen molar-refractivity contribution in [3.8, 4) is 0 Å². The Morgan fingerprint density at radius 3 is 2.75 bits per heavy atom. The first-order valence-electron chi connectivity index (χ1n) is 9.27. The quantitative estimate of drug-likeness (QED) is 0.835. The van der Waals surface area contributed by atoms with Crippen molar-refractivity contribution in [1.82, 2.24) is 14.7 Å². The van der Waals surface area contributed by atoms with E-state index in [4.69, 9.17) is 0 Å². The Labute approximate surface area is 145 Å². The van der Waals surface area contributed by atoms with Gasteiger partial charge in [0.1, 0.15) is 0 Å². The van der Waals surface area contributed by atoms with Gasteiger partial charge in [-0.1, -0.05) is 26.0 Å². The largest absolute Gasteiger partial charge is 0.381 e. The molecule has 0 aliphatic carbocycles. The molecule has 1 aliphatic rings. The fourth-order valence-corrected chi connectivity index (χ4v) is 3.47. The summed E-state index contributed by atoms with van der Waals surface area (Å²) in [5.74, 6) is 0.596. The van der Waals surface area contributed by atoms with Gasteiger partial charge in [-0.2, -0.15) is 5.10 Å². The Kier molecular flexibility index (Phi) is 5.91. The average molecular weight is 326 g/mol. The van der Waals surface area contributed by atoms with Crippen LogP contribution in [-0.2, 0) is 6.54 Å². The number of rotatable bonds is 7. The van der Waals surface area contributed by atoms with E-state index in [2.05, 4.69) is 53.4 Å². The lowest BCUT2D eigenvalue weighted by atomic mass is 10.0. The number of nitrogens with zero attached hydrogens (tertiary/aromatic N) is 3. The molecule has 1 N–H and O–H groups in total. The molecule has 1 aromatic heterocycles. The van der Waals surface area contributed by atoms with E-state index < -0.39 is 0 Å². The van der Waals surface area contributed by atoms with Crippen LogP contribution in [-0.4, -0.2) is 40.4 Å². The maximum atomic E-state index is 4.27. The SMILES string of the molecule is CC(C)c1ccc(N[C@@H]2CCCN(CCCn3cccn3)C2)cc1. The molecule has 1 aromatic carbocycles. The number of aromatic nitrogens is 2. The molecule has 130 valence electrons. The Hall–Kier alpha value is -1.81. The molecule has 2 aromatic rings. The van der Waals surface area contributed by atoms with E-state index in [0.29, 0.717) is 12.0 Å². The van der Waals surface area contributed by atoms with Gasteiger partial charge < -0.3 is 10.2 Å². The molecule has 0 spiro atoms. The van der Waals surface area contributed by atoms with Crippen molar-refractivity contribution in [2.75, 3.05) is 25.0 Å². The van der Waals surface area contributed by atoms with E-state index in [9.17, 15) is 0 Å². The van der Waals surface area contributed by atoms with Gasteiger partial charge in [0.15, 0.2) is 0 Å². The molecule has 0 radical (unpaired) electrons. The molecule has 0 unspecified atom stereocenters. The highest BCUT2D eigenvalue weighted by atomic mass is 15.3. The maximum Gasteiger partial charge on any atom is 0.0489 e. The standard InChI is InChI=1S/C20H30N4/c1-17(2)18-7-9-19(10-8-18)22-20-6-3-12-23(16-20)13-5-15-24-14-4-11-21-24/h4,7-11,14,17,20,22H,3,5-6,12-13,15-16H2,1-2H3/t20-/m1/s1. The van der Waals surface area contributed by atoms with Crippen LogP contribution in [0.1, 0.15) is 44.6 Å². The van der Waals surface area contributed by atoms with Crippen LogP contribution in [0.5, 0.6) is 0 Å². The predicted molar refractivity (Wildman–Crippen MR) is 100 cm³/mol. The number of benzene rings is 1. The van der Waals surface area contributed by atoms with Gasteiger partial charge >= 0.3 is 0 Å². The predicted octanol–water partition coefficient (Wildman–Crippen LogP) is 3.97. The minimum absolute atomic E-state index is 0.563. The minimum Gasteiger partial charge on any atom is -0.381 e. The molecule has 1 aliphatic heterocycles. The lowest BCUT2D eigenvalue weighted by Gasteiger charge is -2.33. The molecule has 1 fully saturated rings. The molecule has 1 saturated heterocycles. The maximum absolute atomic E-state index is 4.27. The highest BCUT2D eigenvalue weighted by Crippen LogP contribution is 2.20. The van der Waals surface area contributed by atoms with Gasteiger partial charge in [0.05, 0.1) is 0 Å². The van der Waals surface area contributed by atoms with Crippen molar-refractivity contribution >= 4 is 5.69 Å². The third-order valence-electron chi connectivity index (χ3n) is 4.87. The Morgan fingerprint density at radius 1 is 1.21 bits per heavy atom. The van der Waals surface area contributed by atoms with Crippen LogP contribution < -0.4 is 5.32 Å². The van der Waals surface area contributed by atoms with E-state index >= 15 is 0 Å². The second-order valence-electron chi connectivity index (χ2n) is 7.18. The first kappa shape index (κ1) is 17.0. The van der Waals surface area contributed by atoms with Crippen LogP contribution >= 0.6 is 0 Å². The fourth-order valence-electron chi connectivity index (χ4n) is 3.47. The van der Waals surface area contributed by atoms with Crippen molar-refractivity contribution in [3.63, 3.8) is 0 Å². The van der Waals surface area contributed by atoms with Crippen molar-refractivity contribution in [3.05, 3.63) is 48.3 Å².